The zero-order valence-corrected chi connectivity index (χ0v) is 16.8. The van der Waals surface area contributed by atoms with Gasteiger partial charge < -0.3 is 4.42 Å². The van der Waals surface area contributed by atoms with E-state index in [4.69, 9.17) is 4.42 Å². The van der Waals surface area contributed by atoms with Crippen LogP contribution in [-0.2, 0) is 5.41 Å². The number of ketones is 1. The fourth-order valence-corrected chi connectivity index (χ4v) is 3.20. The molecule has 0 unspecified atom stereocenters. The normalized spacial score (nSPS) is 12.3. The Morgan fingerprint density at radius 1 is 0.862 bits per heavy atom. The Morgan fingerprint density at radius 3 is 2.17 bits per heavy atom. The number of Topliss-reactive ketones (excluding diaryl/α,β-unsaturated/α-hetero) is 1. The lowest BCUT2D eigenvalue weighted by atomic mass is 9.86. The molecule has 1 aromatic heterocycles. The lowest BCUT2D eigenvalue weighted by Gasteiger charge is -2.18. The Balaban J connectivity index is 1.81. The van der Waals surface area contributed by atoms with Gasteiger partial charge in [0.1, 0.15) is 5.52 Å². The third-order valence-electron chi connectivity index (χ3n) is 4.89. The molecule has 0 amide bonds. The zero-order chi connectivity index (χ0) is 20.4. The monoisotopic (exact) mass is 381 g/mol. The molecule has 0 fully saturated rings. The molecule has 3 aromatic carbocycles. The average molecular weight is 381 g/mol. The number of allylic oxidation sites excluding steroid dienone is 1. The van der Waals surface area contributed by atoms with Crippen molar-refractivity contribution in [3.8, 4) is 0 Å². The van der Waals surface area contributed by atoms with Gasteiger partial charge in [-0.15, -0.1) is 0 Å². The first-order chi connectivity index (χ1) is 13.9. The number of fused-ring (bicyclic) bond motifs is 1. The van der Waals surface area contributed by atoms with Crippen LogP contribution < -0.4 is 0 Å². The topological polar surface area (TPSA) is 43.1 Å². The van der Waals surface area contributed by atoms with Crippen LogP contribution in [0.3, 0.4) is 0 Å². The van der Waals surface area contributed by atoms with Gasteiger partial charge >= 0.3 is 0 Å². The van der Waals surface area contributed by atoms with Crippen molar-refractivity contribution in [2.75, 3.05) is 0 Å². The van der Waals surface area contributed by atoms with Gasteiger partial charge in [0.15, 0.2) is 11.4 Å². The van der Waals surface area contributed by atoms with Gasteiger partial charge in [-0.1, -0.05) is 87.5 Å². The van der Waals surface area contributed by atoms with Gasteiger partial charge in [-0.2, -0.15) is 0 Å². The predicted octanol–water partition coefficient (Wildman–Crippen LogP) is 6.55. The van der Waals surface area contributed by atoms with E-state index in [1.165, 1.54) is 5.56 Å². The first kappa shape index (κ1) is 18.9. The summed E-state index contributed by atoms with van der Waals surface area (Å²) in [4.78, 5) is 17.8. The molecule has 0 N–H and O–H groups in total. The first-order valence-electron chi connectivity index (χ1n) is 9.70. The second-order valence-electron chi connectivity index (χ2n) is 8.11. The maximum atomic E-state index is 13.3. The number of benzene rings is 3. The molecule has 0 atom stereocenters. The smallest absolute Gasteiger partial charge is 0.231 e. The van der Waals surface area contributed by atoms with E-state index in [2.05, 4.69) is 37.9 Å². The van der Waals surface area contributed by atoms with E-state index in [9.17, 15) is 4.79 Å². The third kappa shape index (κ3) is 4.04. The summed E-state index contributed by atoms with van der Waals surface area (Å²) in [6, 6.07) is 25.0. The summed E-state index contributed by atoms with van der Waals surface area (Å²) < 4.78 is 5.92. The molecule has 0 radical (unpaired) electrons. The number of para-hydroxylation sites is 2. The van der Waals surface area contributed by atoms with Crippen molar-refractivity contribution in [3.05, 3.63) is 101 Å². The van der Waals surface area contributed by atoms with Crippen LogP contribution in [0.25, 0.3) is 22.7 Å². The van der Waals surface area contributed by atoms with Crippen LogP contribution in [0.2, 0.25) is 0 Å². The summed E-state index contributed by atoms with van der Waals surface area (Å²) in [5.74, 6) is 0.219. The van der Waals surface area contributed by atoms with Crippen LogP contribution in [0.5, 0.6) is 0 Å². The molecule has 0 spiro atoms. The molecule has 29 heavy (non-hydrogen) atoms. The van der Waals surface area contributed by atoms with Gasteiger partial charge in [0, 0.05) is 5.56 Å². The molecule has 0 aliphatic rings. The molecule has 0 aliphatic heterocycles. The van der Waals surface area contributed by atoms with Gasteiger partial charge in [0.2, 0.25) is 5.89 Å². The van der Waals surface area contributed by atoms with Crippen molar-refractivity contribution in [2.45, 2.75) is 26.2 Å². The predicted molar refractivity (Wildman–Crippen MR) is 118 cm³/mol. The highest BCUT2D eigenvalue weighted by atomic mass is 16.3. The number of hydrogen-bond donors (Lipinski definition) is 0. The highest BCUT2D eigenvalue weighted by Gasteiger charge is 2.20. The van der Waals surface area contributed by atoms with E-state index < -0.39 is 0 Å². The minimum Gasteiger partial charge on any atom is -0.436 e. The van der Waals surface area contributed by atoms with E-state index in [0.717, 1.165) is 11.1 Å². The van der Waals surface area contributed by atoms with Crippen molar-refractivity contribution in [1.82, 2.24) is 4.98 Å². The number of carbonyl (C=O) groups is 1. The Labute approximate surface area is 170 Å². The molecule has 0 saturated carbocycles. The first-order valence-corrected chi connectivity index (χ1v) is 9.70. The van der Waals surface area contributed by atoms with E-state index in [-0.39, 0.29) is 11.2 Å². The highest BCUT2D eigenvalue weighted by molar-refractivity contribution is 6.31. The largest absolute Gasteiger partial charge is 0.436 e. The number of hydrogen-bond acceptors (Lipinski definition) is 3. The average Bonchev–Trinajstić information content (AvgIpc) is 3.16. The molecule has 0 saturated heterocycles. The van der Waals surface area contributed by atoms with Crippen LogP contribution in [0.1, 0.15) is 48.1 Å². The van der Waals surface area contributed by atoms with Gasteiger partial charge in [-0.3, -0.25) is 4.79 Å². The molecule has 4 aromatic rings. The minimum absolute atomic E-state index is 0.0746. The van der Waals surface area contributed by atoms with Gasteiger partial charge in [0.25, 0.3) is 0 Å². The van der Waals surface area contributed by atoms with Crippen LogP contribution in [0.15, 0.2) is 83.3 Å². The quantitative estimate of drug-likeness (QED) is 0.297. The highest BCUT2D eigenvalue weighted by Crippen LogP contribution is 2.27. The molecule has 3 nitrogen and oxygen atoms in total. The lowest BCUT2D eigenvalue weighted by Crippen LogP contribution is -2.10. The lowest BCUT2D eigenvalue weighted by molar-refractivity contribution is 0.105. The van der Waals surface area contributed by atoms with Crippen molar-refractivity contribution in [3.63, 3.8) is 0 Å². The van der Waals surface area contributed by atoms with Crippen LogP contribution in [0, 0.1) is 0 Å². The van der Waals surface area contributed by atoms with Crippen LogP contribution in [-0.4, -0.2) is 10.8 Å². The van der Waals surface area contributed by atoms with Gasteiger partial charge in [-0.25, -0.2) is 4.98 Å². The van der Waals surface area contributed by atoms with Crippen molar-refractivity contribution >= 4 is 28.5 Å². The van der Waals surface area contributed by atoms with E-state index >= 15 is 0 Å². The zero-order valence-electron chi connectivity index (χ0n) is 16.8. The van der Waals surface area contributed by atoms with Crippen molar-refractivity contribution in [2.24, 2.45) is 0 Å². The van der Waals surface area contributed by atoms with Gasteiger partial charge in [-0.05, 0) is 34.8 Å². The Kier molecular flexibility index (Phi) is 4.89. The number of nitrogens with zero attached hydrogens (tertiary/aromatic N) is 1. The number of aromatic nitrogens is 1. The maximum absolute atomic E-state index is 13.3. The summed E-state index contributed by atoms with van der Waals surface area (Å²) in [6.07, 6.45) is 1.85. The second-order valence-corrected chi connectivity index (χ2v) is 8.11. The molecular formula is C26H23NO2. The minimum atomic E-state index is -0.114. The second kappa shape index (κ2) is 7.51. The Bertz CT molecular complexity index is 1140. The maximum Gasteiger partial charge on any atom is 0.231 e. The molecule has 144 valence electrons. The molecule has 0 bridgehead atoms. The van der Waals surface area contributed by atoms with E-state index in [1.54, 1.807) is 0 Å². The SMILES string of the molecule is CC(C)(C)c1ccc(/C=C(/C(=O)c2ccccc2)c2nc3ccccc3o2)cc1. The van der Waals surface area contributed by atoms with Gasteiger partial charge in [0.05, 0.1) is 5.57 Å². The van der Waals surface area contributed by atoms with Crippen LogP contribution in [0.4, 0.5) is 0 Å². The molecule has 3 heteroatoms. The molecule has 0 aliphatic carbocycles. The van der Waals surface area contributed by atoms with Crippen LogP contribution >= 0.6 is 0 Å². The Morgan fingerprint density at radius 2 is 1.52 bits per heavy atom. The number of rotatable bonds is 4. The third-order valence-corrected chi connectivity index (χ3v) is 4.89. The fraction of sp³-hybridized carbons (Fsp3) is 0.154. The summed E-state index contributed by atoms with van der Waals surface area (Å²) in [5, 5.41) is 0. The molecular weight excluding hydrogens is 358 g/mol. The van der Waals surface area contributed by atoms with E-state index in [1.807, 2.05) is 72.8 Å². The van der Waals surface area contributed by atoms with E-state index in [0.29, 0.717) is 22.6 Å². The number of carbonyl (C=O) groups excluding carboxylic acids is 1. The molecule has 1 heterocycles. The summed E-state index contributed by atoms with van der Waals surface area (Å²) >= 11 is 0. The standard InChI is InChI=1S/C26H23NO2/c1-26(2,3)20-15-13-18(14-16-20)17-21(24(28)19-9-5-4-6-10-19)25-27-22-11-7-8-12-23(22)29-25/h4-17H,1-3H3/b21-17-. The fourth-order valence-electron chi connectivity index (χ4n) is 3.20. The van der Waals surface area contributed by atoms with Crippen molar-refractivity contribution in [1.29, 1.82) is 0 Å². The summed E-state index contributed by atoms with van der Waals surface area (Å²) in [7, 11) is 0. The number of oxazole rings is 1. The summed E-state index contributed by atoms with van der Waals surface area (Å²) in [6.45, 7) is 6.54. The van der Waals surface area contributed by atoms with Crippen molar-refractivity contribution < 1.29 is 9.21 Å². The summed E-state index contributed by atoms with van der Waals surface area (Å²) in [5.41, 5.74) is 4.69. The Hall–Kier alpha value is -3.46. The molecule has 4 rings (SSSR count).